The topological polar surface area (TPSA) is 69.9 Å². The summed E-state index contributed by atoms with van der Waals surface area (Å²) in [5.74, 6) is 10.9. The molecule has 1 aromatic rings. The van der Waals surface area contributed by atoms with Gasteiger partial charge in [-0.3, -0.25) is 0 Å². The lowest BCUT2D eigenvalue weighted by atomic mass is 10.2. The lowest BCUT2D eigenvalue weighted by molar-refractivity contribution is 0.126. The predicted molar refractivity (Wildman–Crippen MR) is 89.2 cm³/mol. The second kappa shape index (κ2) is 12.7. The highest BCUT2D eigenvalue weighted by Crippen LogP contribution is 2.00. The molecule has 0 heterocycles. The van der Waals surface area contributed by atoms with Crippen molar-refractivity contribution in [2.45, 2.75) is 44.5 Å². The van der Waals surface area contributed by atoms with Crippen LogP contribution in [0.4, 0.5) is 0 Å². The molecule has 0 aliphatic heterocycles. The molecule has 124 valence electrons. The first kappa shape index (κ1) is 19.2. The van der Waals surface area contributed by atoms with Crippen molar-refractivity contribution >= 4 is 0 Å². The Labute approximate surface area is 138 Å². The zero-order chi connectivity index (χ0) is 16.8. The molecule has 2 atom stereocenters. The van der Waals surface area contributed by atoms with Crippen LogP contribution in [0.1, 0.15) is 31.2 Å². The minimum absolute atomic E-state index is 0.0409. The Kier molecular flexibility index (Phi) is 10.6. The summed E-state index contributed by atoms with van der Waals surface area (Å²) in [7, 11) is 0. The van der Waals surface area contributed by atoms with Gasteiger partial charge < -0.3 is 20.1 Å². The quantitative estimate of drug-likeness (QED) is 0.502. The van der Waals surface area contributed by atoms with Gasteiger partial charge in [-0.1, -0.05) is 54.0 Å². The standard InChI is InChI=1S/C19H24O4/c20-14-7-13-19(22)12-6-11-18(21)10-4-5-15-23-16-17-8-2-1-3-9-17/h1-3,8-9,18-22H,5,7,11,13-16H2/t18-,19-/m0/s1. The van der Waals surface area contributed by atoms with Crippen LogP contribution in [0.15, 0.2) is 30.3 Å². The monoisotopic (exact) mass is 316 g/mol. The van der Waals surface area contributed by atoms with Gasteiger partial charge >= 0.3 is 0 Å². The van der Waals surface area contributed by atoms with Crippen LogP contribution in [-0.2, 0) is 11.3 Å². The maximum absolute atomic E-state index is 9.63. The molecule has 0 aromatic heterocycles. The number of benzene rings is 1. The van der Waals surface area contributed by atoms with Gasteiger partial charge in [-0.05, 0) is 18.4 Å². The van der Waals surface area contributed by atoms with Crippen LogP contribution in [0.25, 0.3) is 0 Å². The first-order valence-electron chi connectivity index (χ1n) is 7.78. The lowest BCUT2D eigenvalue weighted by Gasteiger charge is -2.01. The highest BCUT2D eigenvalue weighted by atomic mass is 16.5. The van der Waals surface area contributed by atoms with E-state index >= 15 is 0 Å². The van der Waals surface area contributed by atoms with Crippen molar-refractivity contribution in [1.82, 2.24) is 0 Å². The van der Waals surface area contributed by atoms with Crippen LogP contribution in [0.5, 0.6) is 0 Å². The van der Waals surface area contributed by atoms with E-state index in [1.54, 1.807) is 0 Å². The highest BCUT2D eigenvalue weighted by molar-refractivity contribution is 5.14. The molecule has 4 heteroatoms. The molecule has 0 aliphatic rings. The van der Waals surface area contributed by atoms with E-state index in [0.29, 0.717) is 32.5 Å². The van der Waals surface area contributed by atoms with Gasteiger partial charge in [-0.25, -0.2) is 0 Å². The number of rotatable bonds is 8. The Morgan fingerprint density at radius 2 is 1.74 bits per heavy atom. The van der Waals surface area contributed by atoms with E-state index in [0.717, 1.165) is 5.56 Å². The molecular formula is C19H24O4. The molecule has 0 fully saturated rings. The molecule has 1 aromatic carbocycles. The Balaban J connectivity index is 2.12. The minimum atomic E-state index is -0.818. The second-order valence-electron chi connectivity index (χ2n) is 5.03. The average molecular weight is 316 g/mol. The lowest BCUT2D eigenvalue weighted by Crippen LogP contribution is -2.05. The van der Waals surface area contributed by atoms with Gasteiger partial charge in [0.1, 0.15) is 12.2 Å². The first-order valence-corrected chi connectivity index (χ1v) is 7.78. The van der Waals surface area contributed by atoms with Crippen molar-refractivity contribution in [3.05, 3.63) is 35.9 Å². The van der Waals surface area contributed by atoms with Gasteiger partial charge in [0, 0.05) is 19.4 Å². The normalized spacial score (nSPS) is 12.5. The summed E-state index contributed by atoms with van der Waals surface area (Å²) < 4.78 is 5.49. The summed E-state index contributed by atoms with van der Waals surface area (Å²) in [6, 6.07) is 9.91. The fourth-order valence-electron chi connectivity index (χ4n) is 1.76. The summed E-state index contributed by atoms with van der Waals surface area (Å²) in [5, 5.41) is 27.7. The average Bonchev–Trinajstić information content (AvgIpc) is 2.57. The van der Waals surface area contributed by atoms with E-state index in [9.17, 15) is 10.2 Å². The summed E-state index contributed by atoms with van der Waals surface area (Å²) in [6.45, 7) is 1.11. The Hall–Kier alpha value is -1.82. The van der Waals surface area contributed by atoms with Gasteiger partial charge in [0.05, 0.1) is 13.2 Å². The molecule has 0 unspecified atom stereocenters. The second-order valence-corrected chi connectivity index (χ2v) is 5.03. The van der Waals surface area contributed by atoms with Crippen LogP contribution >= 0.6 is 0 Å². The van der Waals surface area contributed by atoms with Gasteiger partial charge in [0.2, 0.25) is 0 Å². The molecule has 0 saturated carbocycles. The van der Waals surface area contributed by atoms with E-state index in [1.807, 2.05) is 30.3 Å². The van der Waals surface area contributed by atoms with Gasteiger partial charge in [0.15, 0.2) is 0 Å². The van der Waals surface area contributed by atoms with E-state index < -0.39 is 12.2 Å². The van der Waals surface area contributed by atoms with Crippen LogP contribution in [-0.4, -0.2) is 40.7 Å². The summed E-state index contributed by atoms with van der Waals surface area (Å²) >= 11 is 0. The zero-order valence-corrected chi connectivity index (χ0v) is 13.2. The zero-order valence-electron chi connectivity index (χ0n) is 13.2. The highest BCUT2D eigenvalue weighted by Gasteiger charge is 1.98. The van der Waals surface area contributed by atoms with Crippen LogP contribution < -0.4 is 0 Å². The van der Waals surface area contributed by atoms with Crippen molar-refractivity contribution < 1.29 is 20.1 Å². The molecule has 0 saturated heterocycles. The van der Waals surface area contributed by atoms with Crippen molar-refractivity contribution in [2.75, 3.05) is 13.2 Å². The van der Waals surface area contributed by atoms with Crippen LogP contribution in [0, 0.1) is 23.7 Å². The summed E-state index contributed by atoms with van der Waals surface area (Å²) in [5.41, 5.74) is 1.12. The SMILES string of the molecule is OCCC[C@@H](O)C#CC[C@@H](O)C#CCCOCc1ccccc1. The Morgan fingerprint density at radius 3 is 2.48 bits per heavy atom. The molecule has 0 radical (unpaired) electrons. The van der Waals surface area contributed by atoms with Gasteiger partial charge in [0.25, 0.3) is 0 Å². The number of ether oxygens (including phenoxy) is 1. The van der Waals surface area contributed by atoms with E-state index in [2.05, 4.69) is 23.7 Å². The maximum Gasteiger partial charge on any atom is 0.125 e. The minimum Gasteiger partial charge on any atom is -0.396 e. The molecule has 0 bridgehead atoms. The maximum atomic E-state index is 9.63. The van der Waals surface area contributed by atoms with E-state index in [-0.39, 0.29) is 13.0 Å². The molecular weight excluding hydrogens is 292 g/mol. The first-order chi connectivity index (χ1) is 11.2. The van der Waals surface area contributed by atoms with Crippen molar-refractivity contribution in [2.24, 2.45) is 0 Å². The molecule has 23 heavy (non-hydrogen) atoms. The van der Waals surface area contributed by atoms with Crippen molar-refractivity contribution in [3.63, 3.8) is 0 Å². The third-order valence-corrected chi connectivity index (χ3v) is 2.95. The summed E-state index contributed by atoms with van der Waals surface area (Å²) in [4.78, 5) is 0. The molecule has 0 amide bonds. The molecule has 1 rings (SSSR count). The number of hydrogen-bond acceptors (Lipinski definition) is 4. The van der Waals surface area contributed by atoms with Gasteiger partial charge in [-0.15, -0.1) is 0 Å². The molecule has 0 spiro atoms. The predicted octanol–water partition coefficient (Wildman–Crippen LogP) is 1.48. The van der Waals surface area contributed by atoms with E-state index in [4.69, 9.17) is 9.84 Å². The fourth-order valence-corrected chi connectivity index (χ4v) is 1.76. The third kappa shape index (κ3) is 10.5. The van der Waals surface area contributed by atoms with Crippen molar-refractivity contribution in [1.29, 1.82) is 0 Å². The fraction of sp³-hybridized carbons (Fsp3) is 0.474. The van der Waals surface area contributed by atoms with Crippen LogP contribution in [0.2, 0.25) is 0 Å². The van der Waals surface area contributed by atoms with E-state index in [1.165, 1.54) is 0 Å². The number of aliphatic hydroxyl groups is 3. The smallest absolute Gasteiger partial charge is 0.125 e. The number of aliphatic hydroxyl groups excluding tert-OH is 3. The Morgan fingerprint density at radius 1 is 1.00 bits per heavy atom. The molecule has 0 aliphatic carbocycles. The molecule has 4 nitrogen and oxygen atoms in total. The Bertz CT molecular complexity index is 533. The van der Waals surface area contributed by atoms with Crippen LogP contribution in [0.3, 0.4) is 0 Å². The molecule has 3 N–H and O–H groups in total. The third-order valence-electron chi connectivity index (χ3n) is 2.95. The summed E-state index contributed by atoms with van der Waals surface area (Å²) in [6.07, 6.45) is 0.130. The van der Waals surface area contributed by atoms with Gasteiger partial charge in [-0.2, -0.15) is 0 Å². The largest absolute Gasteiger partial charge is 0.396 e. The van der Waals surface area contributed by atoms with Crippen molar-refractivity contribution in [3.8, 4) is 23.7 Å². The number of hydrogen-bond donors (Lipinski definition) is 3.